The van der Waals surface area contributed by atoms with Crippen LogP contribution < -0.4 is 0 Å². The fourth-order valence-electron chi connectivity index (χ4n) is 13.4. The highest BCUT2D eigenvalue weighted by atomic mass is 31.2. The van der Waals surface area contributed by atoms with E-state index in [1.54, 1.807) is 0 Å². The number of rotatable bonds is 84. The number of carbonyl (C=O) groups is 4. The van der Waals surface area contributed by atoms with E-state index in [4.69, 9.17) is 37.0 Å². The molecule has 3 N–H and O–H groups in total. The molecule has 17 nitrogen and oxygen atoms in total. The molecule has 0 aromatic heterocycles. The number of hydrogen-bond donors (Lipinski definition) is 3. The second-order valence-electron chi connectivity index (χ2n) is 32.4. The van der Waals surface area contributed by atoms with E-state index in [9.17, 15) is 43.2 Å². The maximum Gasteiger partial charge on any atom is 0.472 e. The monoisotopic (exact) mass is 1540 g/mol. The van der Waals surface area contributed by atoms with E-state index in [0.29, 0.717) is 31.6 Å². The highest BCUT2D eigenvalue weighted by molar-refractivity contribution is 7.47. The molecule has 0 saturated carbocycles. The van der Waals surface area contributed by atoms with Crippen molar-refractivity contribution in [3.63, 3.8) is 0 Å². The molecular weight excluding hydrogens is 1370 g/mol. The third-order valence-corrected chi connectivity index (χ3v) is 22.0. The molecule has 5 atom stereocenters. The molecule has 0 spiro atoms. The van der Waals surface area contributed by atoms with Crippen LogP contribution in [0.4, 0.5) is 0 Å². The Morgan fingerprint density at radius 3 is 0.648 bits per heavy atom. The Balaban J connectivity index is 5.23. The zero-order valence-corrected chi connectivity index (χ0v) is 71.0. The molecule has 0 aliphatic carbocycles. The second-order valence-corrected chi connectivity index (χ2v) is 35.3. The first-order valence-electron chi connectivity index (χ1n) is 44.3. The lowest BCUT2D eigenvalue weighted by atomic mass is 10.0. The quantitative estimate of drug-likeness (QED) is 0.0222. The van der Waals surface area contributed by atoms with Crippen molar-refractivity contribution in [1.82, 2.24) is 0 Å². The van der Waals surface area contributed by atoms with Gasteiger partial charge in [-0.1, -0.05) is 402 Å². The van der Waals surface area contributed by atoms with Gasteiger partial charge >= 0.3 is 39.5 Å². The molecule has 0 rings (SSSR count). The standard InChI is InChI=1S/C86H168O17P2/c1-8-9-10-11-12-13-14-15-16-17-18-19-23-29-34-39-46-53-60-67-83(88)96-73-81(102-85(90)69-62-55-47-40-35-30-24-21-20-22-27-32-37-43-50-57-64-77(2)3)75-100-104(92,93)98-71-80(87)72-99-105(94,95)101-76-82(74-97-84(89)68-61-54-49-42-45-52-59-66-79(6)7)103-86(91)70-63-56-48-41-36-31-26-25-28-33-38-44-51-58-65-78(4)5/h77-82,87H,8-76H2,1-7H3,(H,92,93)(H,94,95)/t80-,81-,82-/m1/s1. The fourth-order valence-corrected chi connectivity index (χ4v) is 14.9. The molecule has 624 valence electrons. The van der Waals surface area contributed by atoms with Gasteiger partial charge in [-0.2, -0.15) is 0 Å². The fraction of sp³-hybridized carbons (Fsp3) is 0.953. The van der Waals surface area contributed by atoms with Crippen molar-refractivity contribution in [2.24, 2.45) is 17.8 Å². The van der Waals surface area contributed by atoms with Gasteiger partial charge in [0.1, 0.15) is 19.3 Å². The van der Waals surface area contributed by atoms with Crippen molar-refractivity contribution in [2.45, 2.75) is 471 Å². The Hall–Kier alpha value is -1.94. The van der Waals surface area contributed by atoms with E-state index >= 15 is 0 Å². The van der Waals surface area contributed by atoms with E-state index in [1.807, 2.05) is 0 Å². The number of aliphatic hydroxyl groups excluding tert-OH is 1. The molecule has 0 aromatic rings. The summed E-state index contributed by atoms with van der Waals surface area (Å²) in [5.41, 5.74) is 0. The molecule has 0 bridgehead atoms. The summed E-state index contributed by atoms with van der Waals surface area (Å²) < 4.78 is 68.9. The van der Waals surface area contributed by atoms with Crippen LogP contribution in [0.1, 0.15) is 453 Å². The first kappa shape index (κ1) is 103. The number of carbonyl (C=O) groups excluding carboxylic acids is 4. The summed E-state index contributed by atoms with van der Waals surface area (Å²) in [4.78, 5) is 73.2. The van der Waals surface area contributed by atoms with Crippen molar-refractivity contribution >= 4 is 39.5 Å². The van der Waals surface area contributed by atoms with Crippen LogP contribution >= 0.6 is 15.6 Å². The predicted octanol–water partition coefficient (Wildman–Crippen LogP) is 26.1. The van der Waals surface area contributed by atoms with E-state index in [0.717, 1.165) is 108 Å². The summed E-state index contributed by atoms with van der Waals surface area (Å²) in [6.45, 7) is 12.0. The summed E-state index contributed by atoms with van der Waals surface area (Å²) >= 11 is 0. The number of unbranched alkanes of at least 4 members (excludes halogenated alkanes) is 52. The van der Waals surface area contributed by atoms with Crippen LogP contribution in [0.3, 0.4) is 0 Å². The number of esters is 4. The van der Waals surface area contributed by atoms with Gasteiger partial charge in [0.2, 0.25) is 0 Å². The summed E-state index contributed by atoms with van der Waals surface area (Å²) in [6.07, 6.45) is 66.8. The van der Waals surface area contributed by atoms with Crippen LogP contribution in [0.15, 0.2) is 0 Å². The molecule has 105 heavy (non-hydrogen) atoms. The minimum atomic E-state index is -4.97. The number of ether oxygens (including phenoxy) is 4. The predicted molar refractivity (Wildman–Crippen MR) is 432 cm³/mol. The van der Waals surface area contributed by atoms with Crippen molar-refractivity contribution in [3.05, 3.63) is 0 Å². The van der Waals surface area contributed by atoms with Gasteiger partial charge in [-0.25, -0.2) is 9.13 Å². The van der Waals surface area contributed by atoms with Crippen LogP contribution in [-0.4, -0.2) is 96.7 Å². The Kier molecular flexibility index (Phi) is 74.7. The second kappa shape index (κ2) is 76.1. The lowest BCUT2D eigenvalue weighted by molar-refractivity contribution is -0.161. The zero-order chi connectivity index (χ0) is 77.2. The van der Waals surface area contributed by atoms with E-state index in [2.05, 4.69) is 48.5 Å². The largest absolute Gasteiger partial charge is 0.472 e. The van der Waals surface area contributed by atoms with Gasteiger partial charge in [-0.15, -0.1) is 0 Å². The number of phosphoric ester groups is 2. The average molecular weight is 1540 g/mol. The third-order valence-electron chi connectivity index (χ3n) is 20.1. The minimum absolute atomic E-state index is 0.107. The first-order chi connectivity index (χ1) is 50.7. The van der Waals surface area contributed by atoms with Crippen molar-refractivity contribution < 1.29 is 80.2 Å². The highest BCUT2D eigenvalue weighted by Gasteiger charge is 2.30. The van der Waals surface area contributed by atoms with Gasteiger partial charge in [0.15, 0.2) is 12.2 Å². The van der Waals surface area contributed by atoms with Crippen molar-refractivity contribution in [3.8, 4) is 0 Å². The molecule has 0 saturated heterocycles. The van der Waals surface area contributed by atoms with Crippen LogP contribution in [0, 0.1) is 17.8 Å². The topological polar surface area (TPSA) is 237 Å². The normalized spacial score (nSPS) is 13.9. The van der Waals surface area contributed by atoms with Crippen molar-refractivity contribution in [2.75, 3.05) is 39.6 Å². The Morgan fingerprint density at radius 1 is 0.257 bits per heavy atom. The SMILES string of the molecule is CCCCCCCCCCCCCCCCCCCCCC(=O)OC[C@H](COP(=O)(O)OC[C@@H](O)COP(=O)(O)OC[C@@H](COC(=O)CCCCCCCCCC(C)C)OC(=O)CCCCCCCCCCCCCCCCC(C)C)OC(=O)CCCCCCCCCCCCCCCCCCC(C)C. The van der Waals surface area contributed by atoms with Gasteiger partial charge < -0.3 is 33.8 Å². The average Bonchev–Trinajstić information content (AvgIpc) is 0.904. The third kappa shape index (κ3) is 79.9. The van der Waals surface area contributed by atoms with E-state index < -0.39 is 97.5 Å². The lowest BCUT2D eigenvalue weighted by Gasteiger charge is -2.21. The number of aliphatic hydroxyl groups is 1. The number of phosphoric acid groups is 2. The molecule has 0 fully saturated rings. The van der Waals surface area contributed by atoms with Gasteiger partial charge in [0.25, 0.3) is 0 Å². The van der Waals surface area contributed by atoms with Gasteiger partial charge in [-0.05, 0) is 43.4 Å². The molecule has 0 heterocycles. The van der Waals surface area contributed by atoms with Crippen LogP contribution in [0.5, 0.6) is 0 Å². The number of hydrogen-bond acceptors (Lipinski definition) is 15. The van der Waals surface area contributed by atoms with Gasteiger partial charge in [0.05, 0.1) is 26.4 Å². The van der Waals surface area contributed by atoms with Gasteiger partial charge in [-0.3, -0.25) is 37.3 Å². The summed E-state index contributed by atoms with van der Waals surface area (Å²) in [7, 11) is -9.93. The lowest BCUT2D eigenvalue weighted by Crippen LogP contribution is -2.30. The molecule has 0 aliphatic heterocycles. The van der Waals surface area contributed by atoms with E-state index in [-0.39, 0.29) is 25.7 Å². The molecule has 0 radical (unpaired) electrons. The smallest absolute Gasteiger partial charge is 0.462 e. The maximum absolute atomic E-state index is 13.1. The van der Waals surface area contributed by atoms with E-state index in [1.165, 1.54) is 257 Å². The first-order valence-corrected chi connectivity index (χ1v) is 47.3. The highest BCUT2D eigenvalue weighted by Crippen LogP contribution is 2.45. The molecular formula is C86H168O17P2. The maximum atomic E-state index is 13.1. The van der Waals surface area contributed by atoms with Crippen LogP contribution in [0.25, 0.3) is 0 Å². The summed E-state index contributed by atoms with van der Waals surface area (Å²) in [6, 6.07) is 0. The minimum Gasteiger partial charge on any atom is -0.462 e. The summed E-state index contributed by atoms with van der Waals surface area (Å²) in [5, 5.41) is 10.7. The van der Waals surface area contributed by atoms with Crippen LogP contribution in [-0.2, 0) is 65.4 Å². The van der Waals surface area contributed by atoms with Crippen molar-refractivity contribution in [1.29, 1.82) is 0 Å². The van der Waals surface area contributed by atoms with Gasteiger partial charge in [0, 0.05) is 25.7 Å². The summed E-state index contributed by atoms with van der Waals surface area (Å²) in [5.74, 6) is 0.204. The molecule has 0 amide bonds. The molecule has 0 aliphatic rings. The molecule has 2 unspecified atom stereocenters. The zero-order valence-electron chi connectivity index (χ0n) is 69.2. The van der Waals surface area contributed by atoms with Crippen LogP contribution in [0.2, 0.25) is 0 Å². The molecule has 19 heteroatoms. The molecule has 0 aromatic carbocycles. The Morgan fingerprint density at radius 2 is 0.438 bits per heavy atom. The Bertz CT molecular complexity index is 2030. The Labute approximate surface area is 645 Å².